The number of nitrogens with zero attached hydrogens (tertiary/aromatic N) is 1. The molecule has 1 heterocycles. The summed E-state index contributed by atoms with van der Waals surface area (Å²) in [7, 11) is -3.50. The molecule has 31 heavy (non-hydrogen) atoms. The minimum absolute atomic E-state index is 0.230. The molecular weight excluding hydrogens is 414 g/mol. The lowest BCUT2D eigenvalue weighted by atomic mass is 10.1. The molecule has 0 radical (unpaired) electrons. The van der Waals surface area contributed by atoms with E-state index in [2.05, 4.69) is 110 Å². The maximum Gasteiger partial charge on any atom is 0.192 e. The van der Waals surface area contributed by atoms with Crippen LogP contribution in [0.3, 0.4) is 0 Å². The van der Waals surface area contributed by atoms with Gasteiger partial charge in [-0.25, -0.2) is 0 Å². The Labute approximate surface area is 195 Å². The number of benzene rings is 1. The van der Waals surface area contributed by atoms with Gasteiger partial charge in [0.2, 0.25) is 0 Å². The van der Waals surface area contributed by atoms with Gasteiger partial charge in [-0.2, -0.15) is 0 Å². The van der Waals surface area contributed by atoms with Crippen LogP contribution in [0.4, 0.5) is 0 Å². The van der Waals surface area contributed by atoms with Crippen molar-refractivity contribution >= 4 is 16.6 Å². The molecule has 1 aliphatic heterocycles. The van der Waals surface area contributed by atoms with Gasteiger partial charge in [-0.15, -0.1) is 0 Å². The first-order chi connectivity index (χ1) is 14.1. The molecule has 0 N–H and O–H groups in total. The highest BCUT2D eigenvalue weighted by Gasteiger charge is 2.48. The minimum Gasteiger partial charge on any atom is -0.417 e. The monoisotopic (exact) mass is 463 g/mol. The van der Waals surface area contributed by atoms with Crippen molar-refractivity contribution in [3.8, 4) is 0 Å². The maximum absolute atomic E-state index is 7.00. The van der Waals surface area contributed by atoms with Crippen LogP contribution in [0.15, 0.2) is 30.3 Å². The lowest BCUT2D eigenvalue weighted by Gasteiger charge is -2.40. The smallest absolute Gasteiger partial charge is 0.192 e. The van der Waals surface area contributed by atoms with Gasteiger partial charge in [-0.05, 0) is 61.6 Å². The van der Waals surface area contributed by atoms with E-state index in [1.807, 2.05) is 0 Å². The lowest BCUT2D eigenvalue weighted by Crippen LogP contribution is -2.46. The molecule has 1 saturated heterocycles. The van der Waals surface area contributed by atoms with Crippen LogP contribution >= 0.6 is 0 Å². The van der Waals surface area contributed by atoms with E-state index in [9.17, 15) is 0 Å². The van der Waals surface area contributed by atoms with E-state index < -0.39 is 16.6 Å². The molecule has 0 aromatic heterocycles. The summed E-state index contributed by atoms with van der Waals surface area (Å²) in [5.41, 5.74) is 1.40. The van der Waals surface area contributed by atoms with Gasteiger partial charge in [0.15, 0.2) is 16.6 Å². The third-order valence-electron chi connectivity index (χ3n) is 8.05. The second kappa shape index (κ2) is 9.80. The zero-order valence-corrected chi connectivity index (χ0v) is 24.2. The lowest BCUT2D eigenvalue weighted by molar-refractivity contribution is 0.136. The summed E-state index contributed by atoms with van der Waals surface area (Å²) < 4.78 is 13.5. The van der Waals surface area contributed by atoms with Gasteiger partial charge in [0.1, 0.15) is 0 Å². The highest BCUT2D eigenvalue weighted by Crippen LogP contribution is 2.42. The standard InChI is InChI=1S/C26H49NO2Si2/c1-21(22-16-13-12-14-17-22)27-20-23(27)24(29-31(10,11)26(5,6)7)18-15-19-28-30(8,9)25(2,3)4/h12-14,16-17,21,23-24H,15,18-20H2,1-11H3/t21-,23+,24-,27?/m1/s1. The highest BCUT2D eigenvalue weighted by atomic mass is 28.4. The minimum atomic E-state index is -1.82. The molecule has 5 heteroatoms. The molecule has 178 valence electrons. The van der Waals surface area contributed by atoms with Crippen LogP contribution in [0.1, 0.15) is 72.9 Å². The normalized spacial score (nSPS) is 22.3. The molecule has 4 atom stereocenters. The fraction of sp³-hybridized carbons (Fsp3) is 0.769. The molecule has 0 amide bonds. The van der Waals surface area contributed by atoms with Crippen molar-refractivity contribution in [1.82, 2.24) is 4.90 Å². The fourth-order valence-electron chi connectivity index (χ4n) is 3.58. The molecule has 2 rings (SSSR count). The summed E-state index contributed by atoms with van der Waals surface area (Å²) in [6, 6.07) is 11.9. The predicted octanol–water partition coefficient (Wildman–Crippen LogP) is 7.62. The van der Waals surface area contributed by atoms with Crippen LogP contribution in [0, 0.1) is 0 Å². The van der Waals surface area contributed by atoms with E-state index in [-0.39, 0.29) is 10.1 Å². The summed E-state index contributed by atoms with van der Waals surface area (Å²) in [6.45, 7) is 27.8. The van der Waals surface area contributed by atoms with E-state index in [0.717, 1.165) is 26.0 Å². The summed E-state index contributed by atoms with van der Waals surface area (Å²) in [6.07, 6.45) is 2.47. The van der Waals surface area contributed by atoms with Crippen molar-refractivity contribution in [3.63, 3.8) is 0 Å². The molecule has 0 saturated carbocycles. The van der Waals surface area contributed by atoms with E-state index in [0.29, 0.717) is 18.2 Å². The number of rotatable bonds is 10. The Bertz CT molecular complexity index is 692. The molecule has 3 nitrogen and oxygen atoms in total. The second-order valence-corrected chi connectivity index (χ2v) is 22.1. The second-order valence-electron chi connectivity index (χ2n) is 12.5. The summed E-state index contributed by atoms with van der Waals surface area (Å²) >= 11 is 0. The molecule has 1 aromatic rings. The fourth-order valence-corrected chi connectivity index (χ4v) is 6.05. The Morgan fingerprint density at radius 3 is 2.00 bits per heavy atom. The maximum atomic E-state index is 7.00. The number of hydrogen-bond donors (Lipinski definition) is 0. The van der Waals surface area contributed by atoms with Gasteiger partial charge in [-0.3, -0.25) is 4.90 Å². The SMILES string of the molecule is C[C@H](c1ccccc1)N1C[C@H]1[C@@H](CCCO[Si](C)(C)C(C)(C)C)O[Si](C)(C)C(C)(C)C. The van der Waals surface area contributed by atoms with Crippen LogP contribution in [-0.2, 0) is 8.85 Å². The Balaban J connectivity index is 2.03. The molecule has 0 spiro atoms. The van der Waals surface area contributed by atoms with Crippen LogP contribution in [-0.4, -0.2) is 46.8 Å². The molecule has 0 bridgehead atoms. The third kappa shape index (κ3) is 7.01. The molecule has 0 aliphatic carbocycles. The molecule has 1 aromatic carbocycles. The van der Waals surface area contributed by atoms with Crippen molar-refractivity contribution in [2.24, 2.45) is 0 Å². The summed E-state index contributed by atoms with van der Waals surface area (Å²) in [4.78, 5) is 2.61. The Kier molecular flexibility index (Phi) is 8.47. The van der Waals surface area contributed by atoms with Gasteiger partial charge < -0.3 is 8.85 Å². The first-order valence-corrected chi connectivity index (χ1v) is 18.0. The van der Waals surface area contributed by atoms with Gasteiger partial charge in [0.05, 0.1) is 6.10 Å². The predicted molar refractivity (Wildman–Crippen MR) is 140 cm³/mol. The average Bonchev–Trinajstić information content (AvgIpc) is 3.43. The molecule has 1 unspecified atom stereocenters. The van der Waals surface area contributed by atoms with Crippen LogP contribution < -0.4 is 0 Å². The zero-order chi connectivity index (χ0) is 23.7. The van der Waals surface area contributed by atoms with Crippen LogP contribution in [0.5, 0.6) is 0 Å². The topological polar surface area (TPSA) is 21.5 Å². The first-order valence-electron chi connectivity index (χ1n) is 12.2. The van der Waals surface area contributed by atoms with Crippen molar-refractivity contribution in [1.29, 1.82) is 0 Å². The first kappa shape index (κ1) is 26.8. The van der Waals surface area contributed by atoms with Crippen molar-refractivity contribution in [2.75, 3.05) is 13.2 Å². The van der Waals surface area contributed by atoms with E-state index in [1.165, 1.54) is 5.56 Å². The van der Waals surface area contributed by atoms with E-state index >= 15 is 0 Å². The van der Waals surface area contributed by atoms with Crippen molar-refractivity contribution in [2.45, 2.75) is 116 Å². The highest BCUT2D eigenvalue weighted by molar-refractivity contribution is 6.74. The van der Waals surface area contributed by atoms with Crippen molar-refractivity contribution < 1.29 is 8.85 Å². The molecular formula is C26H49NO2Si2. The van der Waals surface area contributed by atoms with Crippen molar-refractivity contribution in [3.05, 3.63) is 35.9 Å². The zero-order valence-electron chi connectivity index (χ0n) is 22.2. The third-order valence-corrected chi connectivity index (χ3v) is 17.1. The Morgan fingerprint density at radius 1 is 0.935 bits per heavy atom. The van der Waals surface area contributed by atoms with Gasteiger partial charge in [-0.1, -0.05) is 71.9 Å². The van der Waals surface area contributed by atoms with Crippen LogP contribution in [0.2, 0.25) is 36.3 Å². The Hall–Kier alpha value is -0.466. The van der Waals surface area contributed by atoms with Gasteiger partial charge in [0, 0.05) is 25.2 Å². The molecule has 1 fully saturated rings. The van der Waals surface area contributed by atoms with Gasteiger partial charge >= 0.3 is 0 Å². The largest absolute Gasteiger partial charge is 0.417 e. The quantitative estimate of drug-likeness (QED) is 0.202. The van der Waals surface area contributed by atoms with E-state index in [1.54, 1.807) is 0 Å². The summed E-state index contributed by atoms with van der Waals surface area (Å²) in [5.74, 6) is 0. The van der Waals surface area contributed by atoms with E-state index in [4.69, 9.17) is 8.85 Å². The number of hydrogen-bond acceptors (Lipinski definition) is 3. The molecule has 1 aliphatic rings. The Morgan fingerprint density at radius 2 is 1.48 bits per heavy atom. The average molecular weight is 464 g/mol. The van der Waals surface area contributed by atoms with Gasteiger partial charge in [0.25, 0.3) is 0 Å². The van der Waals surface area contributed by atoms with Crippen LogP contribution in [0.25, 0.3) is 0 Å². The summed E-state index contributed by atoms with van der Waals surface area (Å²) in [5, 5.41) is 0.496.